The summed E-state index contributed by atoms with van der Waals surface area (Å²) >= 11 is 2.10. The quantitative estimate of drug-likeness (QED) is 0.748. The van der Waals surface area contributed by atoms with Crippen LogP contribution >= 0.6 is 36.6 Å². The second kappa shape index (κ2) is 7.18. The molecule has 1 atom stereocenters. The van der Waals surface area contributed by atoms with Crippen LogP contribution < -0.4 is 5.32 Å². The van der Waals surface area contributed by atoms with Crippen molar-refractivity contribution in [3.8, 4) is 0 Å². The summed E-state index contributed by atoms with van der Waals surface area (Å²) in [6.07, 6.45) is 1.37. The standard InChI is InChI=1S/C8H16N2S.2ClH/c1-2-9-7-8(1)10-3-5-11-6-4-10;;/h8-9H,1-7H2;2*1H/t8-;;/m0../s1. The van der Waals surface area contributed by atoms with Crippen molar-refractivity contribution < 1.29 is 0 Å². The monoisotopic (exact) mass is 244 g/mol. The molecule has 1 N–H and O–H groups in total. The second-order valence-corrected chi connectivity index (χ2v) is 4.52. The average Bonchev–Trinajstić information content (AvgIpc) is 2.58. The lowest BCUT2D eigenvalue weighted by molar-refractivity contribution is 0.230. The Bertz CT molecular complexity index is 125. The predicted octanol–water partition coefficient (Wildman–Crippen LogP) is 1.24. The molecule has 2 heterocycles. The Morgan fingerprint density at radius 2 is 1.85 bits per heavy atom. The summed E-state index contributed by atoms with van der Waals surface area (Å²) in [6.45, 7) is 5.09. The second-order valence-electron chi connectivity index (χ2n) is 3.29. The van der Waals surface area contributed by atoms with E-state index in [0.717, 1.165) is 6.04 Å². The van der Waals surface area contributed by atoms with E-state index in [9.17, 15) is 0 Å². The molecule has 2 saturated heterocycles. The summed E-state index contributed by atoms with van der Waals surface area (Å²) in [5.74, 6) is 2.69. The van der Waals surface area contributed by atoms with Crippen molar-refractivity contribution in [2.24, 2.45) is 0 Å². The molecule has 0 bridgehead atoms. The zero-order valence-corrected chi connectivity index (χ0v) is 10.1. The number of rotatable bonds is 1. The van der Waals surface area contributed by atoms with Gasteiger partial charge < -0.3 is 5.32 Å². The third-order valence-electron chi connectivity index (χ3n) is 2.60. The highest BCUT2D eigenvalue weighted by atomic mass is 35.5. The topological polar surface area (TPSA) is 15.3 Å². The Balaban J connectivity index is 0.000000720. The van der Waals surface area contributed by atoms with Crippen LogP contribution in [0.4, 0.5) is 0 Å². The van der Waals surface area contributed by atoms with Gasteiger partial charge >= 0.3 is 0 Å². The number of hydrogen-bond donors (Lipinski definition) is 1. The van der Waals surface area contributed by atoms with E-state index in [1.54, 1.807) is 0 Å². The lowest BCUT2D eigenvalue weighted by atomic mass is 10.2. The molecule has 0 aromatic heterocycles. The first-order valence-electron chi connectivity index (χ1n) is 4.49. The van der Waals surface area contributed by atoms with Gasteiger partial charge in [0.25, 0.3) is 0 Å². The van der Waals surface area contributed by atoms with E-state index in [0.29, 0.717) is 0 Å². The van der Waals surface area contributed by atoms with Gasteiger partial charge in [-0.1, -0.05) is 0 Å². The Hall–Kier alpha value is 0.850. The fourth-order valence-corrected chi connectivity index (χ4v) is 2.83. The first kappa shape index (κ1) is 13.8. The summed E-state index contributed by atoms with van der Waals surface area (Å²) in [5, 5.41) is 3.42. The van der Waals surface area contributed by atoms with Crippen LogP contribution in [0, 0.1) is 0 Å². The Labute approximate surface area is 97.0 Å². The lowest BCUT2D eigenvalue weighted by Gasteiger charge is -2.31. The molecular formula is C8H18Cl2N2S. The van der Waals surface area contributed by atoms with Gasteiger partial charge in [0, 0.05) is 37.2 Å². The molecule has 5 heteroatoms. The number of halogens is 2. The highest BCUT2D eigenvalue weighted by Crippen LogP contribution is 2.15. The van der Waals surface area contributed by atoms with Crippen LogP contribution in [0.15, 0.2) is 0 Å². The smallest absolute Gasteiger partial charge is 0.0233 e. The van der Waals surface area contributed by atoms with E-state index in [1.807, 2.05) is 0 Å². The van der Waals surface area contributed by atoms with Gasteiger partial charge in [0.1, 0.15) is 0 Å². The summed E-state index contributed by atoms with van der Waals surface area (Å²) in [7, 11) is 0. The van der Waals surface area contributed by atoms with Gasteiger partial charge in [-0.25, -0.2) is 0 Å². The number of hydrogen-bond acceptors (Lipinski definition) is 3. The van der Waals surface area contributed by atoms with Crippen molar-refractivity contribution in [1.29, 1.82) is 0 Å². The number of nitrogens with one attached hydrogen (secondary N) is 1. The minimum absolute atomic E-state index is 0. The Morgan fingerprint density at radius 3 is 2.38 bits per heavy atom. The first-order chi connectivity index (χ1) is 5.47. The van der Waals surface area contributed by atoms with Crippen molar-refractivity contribution in [2.45, 2.75) is 12.5 Å². The predicted molar refractivity (Wildman–Crippen MR) is 64.7 cm³/mol. The van der Waals surface area contributed by atoms with E-state index >= 15 is 0 Å². The molecule has 0 aromatic carbocycles. The summed E-state index contributed by atoms with van der Waals surface area (Å²) < 4.78 is 0. The van der Waals surface area contributed by atoms with Crippen molar-refractivity contribution in [1.82, 2.24) is 10.2 Å². The maximum Gasteiger partial charge on any atom is 0.0233 e. The maximum absolute atomic E-state index is 3.42. The van der Waals surface area contributed by atoms with Crippen LogP contribution in [0.2, 0.25) is 0 Å². The largest absolute Gasteiger partial charge is 0.315 e. The molecule has 2 fully saturated rings. The van der Waals surface area contributed by atoms with Gasteiger partial charge in [-0.3, -0.25) is 4.90 Å². The minimum atomic E-state index is 0. The van der Waals surface area contributed by atoms with Crippen molar-refractivity contribution in [3.05, 3.63) is 0 Å². The van der Waals surface area contributed by atoms with Gasteiger partial charge in [0.15, 0.2) is 0 Å². The third kappa shape index (κ3) is 3.84. The number of nitrogens with zero attached hydrogens (tertiary/aromatic N) is 1. The fourth-order valence-electron chi connectivity index (χ4n) is 1.89. The van der Waals surface area contributed by atoms with Crippen LogP contribution in [-0.2, 0) is 0 Å². The summed E-state index contributed by atoms with van der Waals surface area (Å²) in [4.78, 5) is 2.65. The van der Waals surface area contributed by atoms with Crippen LogP contribution in [0.3, 0.4) is 0 Å². The molecule has 2 aliphatic heterocycles. The Morgan fingerprint density at radius 1 is 1.15 bits per heavy atom. The van der Waals surface area contributed by atoms with Gasteiger partial charge in [0.05, 0.1) is 0 Å². The highest BCUT2D eigenvalue weighted by molar-refractivity contribution is 7.99. The zero-order chi connectivity index (χ0) is 7.52. The Kier molecular flexibility index (Phi) is 7.65. The molecular weight excluding hydrogens is 227 g/mol. The van der Waals surface area contributed by atoms with Gasteiger partial charge in [0.2, 0.25) is 0 Å². The van der Waals surface area contributed by atoms with Crippen LogP contribution in [0.25, 0.3) is 0 Å². The lowest BCUT2D eigenvalue weighted by Crippen LogP contribution is -2.42. The summed E-state index contributed by atoms with van der Waals surface area (Å²) in [5.41, 5.74) is 0. The fraction of sp³-hybridized carbons (Fsp3) is 1.00. The van der Waals surface area contributed by atoms with E-state index in [-0.39, 0.29) is 24.8 Å². The molecule has 0 amide bonds. The molecule has 0 aromatic rings. The molecule has 80 valence electrons. The van der Waals surface area contributed by atoms with E-state index in [2.05, 4.69) is 22.0 Å². The molecule has 2 nitrogen and oxygen atoms in total. The van der Waals surface area contributed by atoms with E-state index in [4.69, 9.17) is 0 Å². The molecule has 0 saturated carbocycles. The number of thioether (sulfide) groups is 1. The van der Waals surface area contributed by atoms with Crippen LogP contribution in [0.5, 0.6) is 0 Å². The van der Waals surface area contributed by atoms with Crippen LogP contribution in [-0.4, -0.2) is 48.6 Å². The SMILES string of the molecule is C1C[C@H](N2CCSCC2)CN1.Cl.Cl. The van der Waals surface area contributed by atoms with Crippen molar-refractivity contribution in [2.75, 3.05) is 37.7 Å². The first-order valence-corrected chi connectivity index (χ1v) is 5.65. The maximum atomic E-state index is 3.42. The molecule has 0 spiro atoms. The molecule has 0 radical (unpaired) electrons. The molecule has 0 unspecified atom stereocenters. The average molecular weight is 245 g/mol. The van der Waals surface area contributed by atoms with Crippen molar-refractivity contribution in [3.63, 3.8) is 0 Å². The highest BCUT2D eigenvalue weighted by Gasteiger charge is 2.23. The normalized spacial score (nSPS) is 29.1. The van der Waals surface area contributed by atoms with Crippen LogP contribution in [0.1, 0.15) is 6.42 Å². The summed E-state index contributed by atoms with van der Waals surface area (Å²) in [6, 6.07) is 0.857. The van der Waals surface area contributed by atoms with Gasteiger partial charge in [-0.2, -0.15) is 11.8 Å². The molecule has 13 heavy (non-hydrogen) atoms. The van der Waals surface area contributed by atoms with Gasteiger partial charge in [-0.15, -0.1) is 24.8 Å². The zero-order valence-electron chi connectivity index (χ0n) is 7.70. The minimum Gasteiger partial charge on any atom is -0.315 e. The third-order valence-corrected chi connectivity index (χ3v) is 3.54. The molecule has 2 rings (SSSR count). The van der Waals surface area contributed by atoms with E-state index in [1.165, 1.54) is 44.1 Å². The molecule has 0 aliphatic carbocycles. The van der Waals surface area contributed by atoms with E-state index < -0.39 is 0 Å². The van der Waals surface area contributed by atoms with Gasteiger partial charge in [-0.05, 0) is 13.0 Å². The van der Waals surface area contributed by atoms with Crippen molar-refractivity contribution >= 4 is 36.6 Å². The molecule has 2 aliphatic rings.